The summed E-state index contributed by atoms with van der Waals surface area (Å²) in [5.74, 6) is 0.194. The zero-order chi connectivity index (χ0) is 19.8. The Morgan fingerprint density at radius 3 is 1.93 bits per heavy atom. The van der Waals surface area contributed by atoms with E-state index in [0.29, 0.717) is 5.70 Å². The Morgan fingerprint density at radius 1 is 0.821 bits per heavy atom. The summed E-state index contributed by atoms with van der Waals surface area (Å²) in [5, 5.41) is 32.2. The summed E-state index contributed by atoms with van der Waals surface area (Å²) in [6.07, 6.45) is 1.92. The number of hydrogen-bond acceptors (Lipinski definition) is 4. The predicted octanol–water partition coefficient (Wildman–Crippen LogP) is 3.49. The Morgan fingerprint density at radius 2 is 1.36 bits per heavy atom. The van der Waals surface area contributed by atoms with E-state index in [9.17, 15) is 10.4 Å². The zero-order valence-corrected chi connectivity index (χ0v) is 16.4. The third-order valence-electron chi connectivity index (χ3n) is 6.61. The molecule has 0 atom stereocenters. The molecular formula is C23H22N3O2. The highest BCUT2D eigenvalue weighted by Gasteiger charge is 2.57. The van der Waals surface area contributed by atoms with Gasteiger partial charge in [-0.3, -0.25) is 5.21 Å². The first-order valence-corrected chi connectivity index (χ1v) is 9.46. The van der Waals surface area contributed by atoms with Gasteiger partial charge in [0.05, 0.1) is 16.4 Å². The highest BCUT2D eigenvalue weighted by Crippen LogP contribution is 2.44. The standard InChI is InChI=1S/C23H22N3O2/c1-22(2)23(3,4)26(28)21(25(22)27)19-13-18-16-11-6-5-9-14(16)15-10-7-8-12-17(15)20(18)24-19/h5-13,27H,1-4H3/b21-19-. The van der Waals surface area contributed by atoms with Crippen LogP contribution >= 0.6 is 0 Å². The summed E-state index contributed by atoms with van der Waals surface area (Å²) < 4.78 is 0. The van der Waals surface area contributed by atoms with Crippen LogP contribution in [0.4, 0.5) is 0 Å². The van der Waals surface area contributed by atoms with Gasteiger partial charge in [0, 0.05) is 10.6 Å². The number of hydrogen-bond donors (Lipinski definition) is 1. The normalized spacial score (nSPS) is 22.5. The fraction of sp³-hybridized carbons (Fsp3) is 0.261. The largest absolute Gasteiger partial charge is 0.286 e. The van der Waals surface area contributed by atoms with Gasteiger partial charge in [-0.2, -0.15) is 5.06 Å². The summed E-state index contributed by atoms with van der Waals surface area (Å²) in [7, 11) is 0. The first-order valence-electron chi connectivity index (χ1n) is 9.46. The van der Waals surface area contributed by atoms with Crippen LogP contribution in [-0.4, -0.2) is 26.4 Å². The minimum atomic E-state index is -0.799. The third kappa shape index (κ3) is 1.95. The van der Waals surface area contributed by atoms with E-state index >= 15 is 0 Å². The van der Waals surface area contributed by atoms with Crippen LogP contribution in [0.5, 0.6) is 0 Å². The number of nitrogens with zero attached hydrogens (tertiary/aromatic N) is 3. The molecule has 2 aliphatic rings. The van der Waals surface area contributed by atoms with Crippen molar-refractivity contribution in [1.29, 1.82) is 0 Å². The summed E-state index contributed by atoms with van der Waals surface area (Å²) in [6, 6.07) is 16.4. The molecule has 5 heteroatoms. The van der Waals surface area contributed by atoms with Crippen molar-refractivity contribution in [1.82, 2.24) is 10.1 Å². The molecule has 1 saturated heterocycles. The van der Waals surface area contributed by atoms with E-state index in [4.69, 9.17) is 4.99 Å². The van der Waals surface area contributed by atoms with Gasteiger partial charge < -0.3 is 0 Å². The second-order valence-corrected chi connectivity index (χ2v) is 8.54. The van der Waals surface area contributed by atoms with Gasteiger partial charge in [-0.15, -0.1) is 0 Å². The van der Waals surface area contributed by atoms with Gasteiger partial charge in [-0.05, 0) is 49.9 Å². The Kier molecular flexibility index (Phi) is 3.28. The number of rotatable bonds is 0. The van der Waals surface area contributed by atoms with Gasteiger partial charge >= 0.3 is 0 Å². The molecule has 0 unspecified atom stereocenters. The molecule has 141 valence electrons. The molecule has 3 aromatic rings. The van der Waals surface area contributed by atoms with Crippen molar-refractivity contribution in [3.8, 4) is 0 Å². The molecule has 5 rings (SSSR count). The molecule has 1 fully saturated rings. The molecule has 2 aliphatic heterocycles. The van der Waals surface area contributed by atoms with E-state index < -0.39 is 11.1 Å². The highest BCUT2D eigenvalue weighted by atomic mass is 16.6. The minimum absolute atomic E-state index is 0.194. The van der Waals surface area contributed by atoms with Gasteiger partial charge in [-0.25, -0.2) is 10.1 Å². The quantitative estimate of drug-likeness (QED) is 0.615. The highest BCUT2D eigenvalue weighted by molar-refractivity contribution is 6.08. The first-order chi connectivity index (χ1) is 13.2. The lowest BCUT2D eigenvalue weighted by molar-refractivity contribution is -0.181. The van der Waals surface area contributed by atoms with E-state index in [1.165, 1.54) is 0 Å². The fourth-order valence-electron chi connectivity index (χ4n) is 4.16. The molecular weight excluding hydrogens is 350 g/mol. The minimum Gasteiger partial charge on any atom is -0.286 e. The molecule has 1 radical (unpaired) electrons. The summed E-state index contributed by atoms with van der Waals surface area (Å²) in [6.45, 7) is 7.39. The second-order valence-electron chi connectivity index (χ2n) is 8.54. The maximum absolute atomic E-state index is 13.1. The first kappa shape index (κ1) is 17.2. The number of hydroxylamine groups is 4. The van der Waals surface area contributed by atoms with Crippen molar-refractivity contribution < 1.29 is 10.4 Å². The average molecular weight is 372 g/mol. The molecule has 0 spiro atoms. The van der Waals surface area contributed by atoms with Gasteiger partial charge in [0.15, 0.2) is 5.82 Å². The molecule has 28 heavy (non-hydrogen) atoms. The van der Waals surface area contributed by atoms with Crippen molar-refractivity contribution >= 4 is 27.6 Å². The van der Waals surface area contributed by atoms with Crippen LogP contribution in [0, 0.1) is 0 Å². The monoisotopic (exact) mass is 372 g/mol. The zero-order valence-electron chi connectivity index (χ0n) is 16.4. The van der Waals surface area contributed by atoms with Crippen molar-refractivity contribution in [2.75, 3.05) is 0 Å². The van der Waals surface area contributed by atoms with Crippen LogP contribution in [0.2, 0.25) is 0 Å². The number of fused-ring (bicyclic) bond motifs is 6. The van der Waals surface area contributed by atoms with Crippen LogP contribution in [0.1, 0.15) is 27.7 Å². The van der Waals surface area contributed by atoms with E-state index in [1.54, 1.807) is 0 Å². The topological polar surface area (TPSA) is 59.0 Å². The van der Waals surface area contributed by atoms with Gasteiger partial charge in [-0.1, -0.05) is 53.7 Å². The van der Waals surface area contributed by atoms with Crippen molar-refractivity contribution in [3.05, 3.63) is 70.6 Å². The van der Waals surface area contributed by atoms with Gasteiger partial charge in [0.25, 0.3) is 0 Å². The van der Waals surface area contributed by atoms with Crippen LogP contribution < -0.4 is 10.6 Å². The van der Waals surface area contributed by atoms with Crippen LogP contribution in [0.25, 0.3) is 27.6 Å². The lowest BCUT2D eigenvalue weighted by atomic mass is 9.84. The molecule has 0 saturated carbocycles. The lowest BCUT2D eigenvalue weighted by Gasteiger charge is -2.36. The Balaban J connectivity index is 1.91. The molecule has 0 bridgehead atoms. The smallest absolute Gasteiger partial charge is 0.183 e. The van der Waals surface area contributed by atoms with Gasteiger partial charge in [0.2, 0.25) is 0 Å². The average Bonchev–Trinajstić information content (AvgIpc) is 3.17. The van der Waals surface area contributed by atoms with Crippen molar-refractivity contribution in [2.45, 2.75) is 38.8 Å². The fourth-order valence-corrected chi connectivity index (χ4v) is 4.16. The van der Waals surface area contributed by atoms with Crippen LogP contribution in [-0.2, 0) is 5.21 Å². The van der Waals surface area contributed by atoms with Crippen LogP contribution in [0.3, 0.4) is 0 Å². The van der Waals surface area contributed by atoms with Crippen LogP contribution in [0.15, 0.2) is 65.0 Å². The van der Waals surface area contributed by atoms with E-state index in [2.05, 4.69) is 24.3 Å². The Labute approximate surface area is 163 Å². The molecule has 2 heterocycles. The predicted molar refractivity (Wildman–Crippen MR) is 108 cm³/mol. The van der Waals surface area contributed by atoms with E-state index in [-0.39, 0.29) is 5.82 Å². The maximum atomic E-state index is 13.1. The van der Waals surface area contributed by atoms with Crippen molar-refractivity contribution in [3.63, 3.8) is 0 Å². The molecule has 0 aliphatic carbocycles. The number of benzene rings is 3. The van der Waals surface area contributed by atoms with E-state index in [0.717, 1.165) is 42.2 Å². The summed E-state index contributed by atoms with van der Waals surface area (Å²) in [4.78, 5) is 4.82. The maximum Gasteiger partial charge on any atom is 0.183 e. The Hall–Kier alpha value is -2.89. The van der Waals surface area contributed by atoms with Crippen molar-refractivity contribution in [2.24, 2.45) is 4.99 Å². The molecule has 0 amide bonds. The molecule has 0 aromatic heterocycles. The third-order valence-corrected chi connectivity index (χ3v) is 6.61. The molecule has 5 nitrogen and oxygen atoms in total. The second kappa shape index (κ2) is 5.34. The van der Waals surface area contributed by atoms with E-state index in [1.807, 2.05) is 58.0 Å². The molecule has 1 N–H and O–H groups in total. The summed E-state index contributed by atoms with van der Waals surface area (Å²) in [5.41, 5.74) is -1.06. The lowest BCUT2D eigenvalue weighted by Crippen LogP contribution is -2.52. The number of allylic oxidation sites excluding steroid dienone is 1. The molecule has 3 aromatic carbocycles. The summed E-state index contributed by atoms with van der Waals surface area (Å²) >= 11 is 0. The Bertz CT molecular complexity index is 1210. The van der Waals surface area contributed by atoms with Gasteiger partial charge in [0.1, 0.15) is 5.70 Å². The SMILES string of the molecule is CC1(C)N([O])/C(=C2/C=c3c(c4ccccc4c4ccccc34)=N2)N(O)C1(C)C.